The summed E-state index contributed by atoms with van der Waals surface area (Å²) in [6, 6.07) is 5.76. The molecule has 0 saturated carbocycles. The lowest BCUT2D eigenvalue weighted by Crippen LogP contribution is -2.48. The van der Waals surface area contributed by atoms with E-state index in [0.717, 1.165) is 0 Å². The maximum absolute atomic E-state index is 13.6. The van der Waals surface area contributed by atoms with Gasteiger partial charge in [0.1, 0.15) is 5.82 Å². The van der Waals surface area contributed by atoms with E-state index in [2.05, 4.69) is 4.98 Å². The maximum atomic E-state index is 13.6. The molecule has 2 aromatic rings. The average molecular weight is 303 g/mol. The number of benzene rings is 1. The third-order valence-corrected chi connectivity index (χ3v) is 3.42. The number of alkyl halides is 3. The first kappa shape index (κ1) is 15.8. The van der Waals surface area contributed by atoms with Gasteiger partial charge in [-0.3, -0.25) is 0 Å². The molecule has 1 aromatic heterocycles. The molecular weight excluding hydrogens is 286 g/mol. The minimum Gasteiger partial charge on any atom is -0.380 e. The van der Waals surface area contributed by atoms with Crippen molar-refractivity contribution in [2.75, 3.05) is 0 Å². The number of aliphatic hydroxyl groups is 1. The Morgan fingerprint density at radius 3 is 2.43 bits per heavy atom. The van der Waals surface area contributed by atoms with E-state index in [4.69, 9.17) is 0 Å². The van der Waals surface area contributed by atoms with Crippen molar-refractivity contribution >= 4 is 10.9 Å². The third-order valence-electron chi connectivity index (χ3n) is 3.42. The van der Waals surface area contributed by atoms with Gasteiger partial charge in [-0.15, -0.1) is 0 Å². The van der Waals surface area contributed by atoms with E-state index in [0.29, 0.717) is 5.39 Å². The second kappa shape index (κ2) is 5.33. The Morgan fingerprint density at radius 2 is 1.90 bits per heavy atom. The van der Waals surface area contributed by atoms with Crippen molar-refractivity contribution in [2.24, 2.45) is 5.92 Å². The zero-order valence-corrected chi connectivity index (χ0v) is 11.8. The van der Waals surface area contributed by atoms with Gasteiger partial charge in [-0.1, -0.05) is 26.0 Å². The molecule has 116 valence electrons. The lowest BCUT2D eigenvalue weighted by Gasteiger charge is -2.31. The largest absolute Gasteiger partial charge is 0.417 e. The molecule has 0 spiro atoms. The van der Waals surface area contributed by atoms with Crippen LogP contribution in [0.1, 0.15) is 26.0 Å². The number of H-pyrrole nitrogens is 1. The smallest absolute Gasteiger partial charge is 0.380 e. The van der Waals surface area contributed by atoms with E-state index < -0.39 is 30.4 Å². The van der Waals surface area contributed by atoms with Crippen molar-refractivity contribution in [3.63, 3.8) is 0 Å². The Hall–Kier alpha value is -1.56. The fourth-order valence-electron chi connectivity index (χ4n) is 2.55. The highest BCUT2D eigenvalue weighted by Gasteiger charge is 2.53. The highest BCUT2D eigenvalue weighted by Crippen LogP contribution is 2.38. The number of halogens is 4. The summed E-state index contributed by atoms with van der Waals surface area (Å²) in [7, 11) is 0. The van der Waals surface area contributed by atoms with Crippen LogP contribution in [-0.2, 0) is 6.42 Å². The number of hydrogen-bond acceptors (Lipinski definition) is 1. The summed E-state index contributed by atoms with van der Waals surface area (Å²) >= 11 is 0. The van der Waals surface area contributed by atoms with Crippen LogP contribution in [0.2, 0.25) is 0 Å². The summed E-state index contributed by atoms with van der Waals surface area (Å²) in [4.78, 5) is 2.63. The molecule has 6 heteroatoms. The van der Waals surface area contributed by atoms with Crippen molar-refractivity contribution in [1.29, 1.82) is 0 Å². The fraction of sp³-hybridized carbons (Fsp3) is 0.467. The summed E-state index contributed by atoms with van der Waals surface area (Å²) in [6.45, 7) is 3.23. The van der Waals surface area contributed by atoms with Gasteiger partial charge in [0.25, 0.3) is 0 Å². The number of para-hydroxylation sites is 1. The Morgan fingerprint density at radius 1 is 1.24 bits per heavy atom. The number of nitrogens with one attached hydrogen (secondary N) is 1. The SMILES string of the molecule is CC(C)CC(O)(Cc1cc2cccc(F)c2[nH]1)C(F)(F)F. The monoisotopic (exact) mass is 303 g/mol. The number of rotatable bonds is 4. The highest BCUT2D eigenvalue weighted by molar-refractivity contribution is 5.80. The molecule has 1 aromatic carbocycles. The van der Waals surface area contributed by atoms with Gasteiger partial charge in [0.15, 0.2) is 5.60 Å². The van der Waals surface area contributed by atoms with E-state index >= 15 is 0 Å². The molecule has 21 heavy (non-hydrogen) atoms. The van der Waals surface area contributed by atoms with Gasteiger partial charge in [0.2, 0.25) is 0 Å². The Bertz CT molecular complexity index is 632. The van der Waals surface area contributed by atoms with Crippen LogP contribution >= 0.6 is 0 Å². The number of aromatic nitrogens is 1. The first-order chi connectivity index (χ1) is 9.62. The summed E-state index contributed by atoms with van der Waals surface area (Å²) in [5.41, 5.74) is -2.50. The van der Waals surface area contributed by atoms with Crippen LogP contribution in [0, 0.1) is 11.7 Å². The van der Waals surface area contributed by atoms with Gasteiger partial charge >= 0.3 is 6.18 Å². The second-order valence-electron chi connectivity index (χ2n) is 5.80. The number of fused-ring (bicyclic) bond motifs is 1. The third kappa shape index (κ3) is 3.20. The predicted octanol–water partition coefficient (Wildman–Crippen LogP) is 4.19. The van der Waals surface area contributed by atoms with Gasteiger partial charge < -0.3 is 10.1 Å². The van der Waals surface area contributed by atoms with Gasteiger partial charge in [-0.25, -0.2) is 4.39 Å². The van der Waals surface area contributed by atoms with Crippen molar-refractivity contribution < 1.29 is 22.7 Å². The standard InChI is InChI=1S/C15H17F4NO/c1-9(2)7-14(21,15(17,18)19)8-11-6-10-4-3-5-12(16)13(10)20-11/h3-6,9,20-21H,7-8H2,1-2H3. The molecule has 0 aliphatic rings. The Labute approximate surface area is 119 Å². The van der Waals surface area contributed by atoms with Crippen LogP contribution in [0.4, 0.5) is 17.6 Å². The summed E-state index contributed by atoms with van der Waals surface area (Å²) in [5, 5.41) is 10.5. The first-order valence-electron chi connectivity index (χ1n) is 6.67. The van der Waals surface area contributed by atoms with Gasteiger partial charge in [-0.2, -0.15) is 13.2 Å². The fourth-order valence-corrected chi connectivity index (χ4v) is 2.55. The molecular formula is C15H17F4NO. The molecule has 1 atom stereocenters. The predicted molar refractivity (Wildman–Crippen MR) is 72.4 cm³/mol. The number of aromatic amines is 1. The molecule has 0 bridgehead atoms. The van der Waals surface area contributed by atoms with Crippen LogP contribution in [0.3, 0.4) is 0 Å². The molecule has 0 fully saturated rings. The van der Waals surface area contributed by atoms with E-state index in [9.17, 15) is 22.7 Å². The highest BCUT2D eigenvalue weighted by atomic mass is 19.4. The van der Waals surface area contributed by atoms with Crippen molar-refractivity contribution in [3.05, 3.63) is 35.8 Å². The molecule has 1 unspecified atom stereocenters. The van der Waals surface area contributed by atoms with E-state index in [1.54, 1.807) is 19.9 Å². The van der Waals surface area contributed by atoms with Crippen LogP contribution in [0.15, 0.2) is 24.3 Å². The van der Waals surface area contributed by atoms with Gasteiger partial charge in [-0.05, 0) is 24.5 Å². The lowest BCUT2D eigenvalue weighted by atomic mass is 9.87. The molecule has 2 rings (SSSR count). The summed E-state index contributed by atoms with van der Waals surface area (Å²) in [5.74, 6) is -0.851. The molecule has 0 radical (unpaired) electrons. The van der Waals surface area contributed by atoms with Crippen molar-refractivity contribution in [2.45, 2.75) is 38.5 Å². The van der Waals surface area contributed by atoms with Crippen molar-refractivity contribution in [3.8, 4) is 0 Å². The minimum atomic E-state index is -4.74. The first-order valence-corrected chi connectivity index (χ1v) is 6.67. The van der Waals surface area contributed by atoms with E-state index in [1.165, 1.54) is 18.2 Å². The quantitative estimate of drug-likeness (QED) is 0.816. The molecule has 2 nitrogen and oxygen atoms in total. The lowest BCUT2D eigenvalue weighted by molar-refractivity contribution is -0.265. The Kier molecular flexibility index (Phi) is 4.02. The molecule has 1 heterocycles. The second-order valence-corrected chi connectivity index (χ2v) is 5.80. The van der Waals surface area contributed by atoms with Crippen molar-refractivity contribution in [1.82, 2.24) is 4.98 Å². The van der Waals surface area contributed by atoms with Crippen LogP contribution in [0.25, 0.3) is 10.9 Å². The van der Waals surface area contributed by atoms with Crippen LogP contribution in [-0.4, -0.2) is 21.9 Å². The van der Waals surface area contributed by atoms with Crippen LogP contribution in [0.5, 0.6) is 0 Å². The molecule has 0 aliphatic carbocycles. The van der Waals surface area contributed by atoms with E-state index in [-0.39, 0.29) is 17.1 Å². The minimum absolute atomic E-state index is 0.154. The Balaban J connectivity index is 2.37. The van der Waals surface area contributed by atoms with Gasteiger partial charge in [0, 0.05) is 17.5 Å². The molecule has 0 amide bonds. The van der Waals surface area contributed by atoms with Crippen LogP contribution < -0.4 is 0 Å². The van der Waals surface area contributed by atoms with E-state index in [1.807, 2.05) is 0 Å². The number of hydrogen-bond donors (Lipinski definition) is 2. The zero-order valence-electron chi connectivity index (χ0n) is 11.8. The summed E-state index contributed by atoms with van der Waals surface area (Å²) < 4.78 is 53.0. The average Bonchev–Trinajstić information content (AvgIpc) is 2.70. The molecule has 0 aliphatic heterocycles. The summed E-state index contributed by atoms with van der Waals surface area (Å²) in [6.07, 6.45) is -5.77. The van der Waals surface area contributed by atoms with Gasteiger partial charge in [0.05, 0.1) is 5.52 Å². The normalized spacial score (nSPS) is 15.6. The zero-order chi connectivity index (χ0) is 15.8. The topological polar surface area (TPSA) is 36.0 Å². The molecule has 0 saturated heterocycles. The molecule has 2 N–H and O–H groups in total. The maximum Gasteiger partial charge on any atom is 0.417 e.